The molecular weight excluding hydrogens is 322 g/mol. The van der Waals surface area contributed by atoms with Gasteiger partial charge in [-0.1, -0.05) is 30.3 Å². The number of nitrogens with one attached hydrogen (secondary N) is 1. The van der Waals surface area contributed by atoms with Crippen LogP contribution in [0.15, 0.2) is 30.3 Å². The molecule has 1 unspecified atom stereocenters. The van der Waals surface area contributed by atoms with Crippen molar-refractivity contribution in [2.45, 2.75) is 18.9 Å². The van der Waals surface area contributed by atoms with Crippen LogP contribution in [0.1, 0.15) is 12.0 Å². The quantitative estimate of drug-likeness (QED) is 0.883. The van der Waals surface area contributed by atoms with Crippen molar-refractivity contribution in [3.8, 4) is 0 Å². The Hall–Kier alpha value is -1.53. The molecule has 1 N–H and O–H groups in total. The second kappa shape index (κ2) is 8.53. The molecule has 5 nitrogen and oxygen atoms in total. The van der Waals surface area contributed by atoms with E-state index in [9.17, 15) is 9.59 Å². The lowest BCUT2D eigenvalue weighted by atomic mass is 10.1. The topological polar surface area (TPSA) is 52.7 Å². The normalized spacial score (nSPS) is 22.8. The average molecular weight is 347 g/mol. The number of nitrogens with zero attached hydrogens (tertiary/aromatic N) is 2. The van der Waals surface area contributed by atoms with E-state index in [0.29, 0.717) is 12.2 Å². The van der Waals surface area contributed by atoms with Crippen LogP contribution in [0, 0.1) is 0 Å². The number of carbonyl (C=O) groups excluding carboxylic acids is 2. The second-order valence-corrected chi connectivity index (χ2v) is 7.50. The van der Waals surface area contributed by atoms with Crippen LogP contribution in [0.5, 0.6) is 0 Å². The molecule has 6 heteroatoms. The van der Waals surface area contributed by atoms with Gasteiger partial charge in [-0.15, -0.1) is 0 Å². The summed E-state index contributed by atoms with van der Waals surface area (Å²) in [5, 5.41) is 2.87. The van der Waals surface area contributed by atoms with Gasteiger partial charge in [0, 0.05) is 50.7 Å². The Morgan fingerprint density at radius 1 is 1.17 bits per heavy atom. The average Bonchev–Trinajstić information content (AvgIpc) is 2.85. The maximum atomic E-state index is 12.6. The standard InChI is InChI=1S/C18H25N3O2S/c22-17-7-13-24-14-16(19-17)18(23)21-11-9-20(10-12-21)8-6-15-4-2-1-3-5-15/h1-5,16H,6-14H2,(H,19,22). The molecule has 1 atom stereocenters. The predicted octanol–water partition coefficient (Wildman–Crippen LogP) is 0.995. The molecule has 24 heavy (non-hydrogen) atoms. The zero-order chi connectivity index (χ0) is 16.8. The summed E-state index contributed by atoms with van der Waals surface area (Å²) in [5.41, 5.74) is 1.36. The lowest BCUT2D eigenvalue weighted by Gasteiger charge is -2.36. The Morgan fingerprint density at radius 2 is 1.92 bits per heavy atom. The van der Waals surface area contributed by atoms with Crippen molar-refractivity contribution in [2.24, 2.45) is 0 Å². The van der Waals surface area contributed by atoms with E-state index < -0.39 is 0 Å². The maximum absolute atomic E-state index is 12.6. The predicted molar refractivity (Wildman–Crippen MR) is 97.0 cm³/mol. The zero-order valence-electron chi connectivity index (χ0n) is 13.9. The van der Waals surface area contributed by atoms with Gasteiger partial charge in [-0.2, -0.15) is 11.8 Å². The van der Waals surface area contributed by atoms with Crippen LogP contribution in [0.2, 0.25) is 0 Å². The van der Waals surface area contributed by atoms with Gasteiger partial charge in [0.2, 0.25) is 11.8 Å². The second-order valence-electron chi connectivity index (χ2n) is 6.35. The number of hydrogen-bond acceptors (Lipinski definition) is 4. The summed E-state index contributed by atoms with van der Waals surface area (Å²) in [7, 11) is 0. The summed E-state index contributed by atoms with van der Waals surface area (Å²) in [6.45, 7) is 4.36. The van der Waals surface area contributed by atoms with Crippen molar-refractivity contribution in [3.63, 3.8) is 0 Å². The minimum Gasteiger partial charge on any atom is -0.343 e. The summed E-state index contributed by atoms with van der Waals surface area (Å²) < 4.78 is 0. The highest BCUT2D eigenvalue weighted by molar-refractivity contribution is 7.99. The molecule has 130 valence electrons. The van der Waals surface area contributed by atoms with Crippen molar-refractivity contribution < 1.29 is 9.59 Å². The smallest absolute Gasteiger partial charge is 0.246 e. The first kappa shape index (κ1) is 17.3. The molecule has 3 rings (SSSR count). The van der Waals surface area contributed by atoms with Crippen LogP contribution in [0.4, 0.5) is 0 Å². The summed E-state index contributed by atoms with van der Waals surface area (Å²) >= 11 is 1.68. The number of hydrogen-bond donors (Lipinski definition) is 1. The van der Waals surface area contributed by atoms with E-state index in [1.807, 2.05) is 11.0 Å². The summed E-state index contributed by atoms with van der Waals surface area (Å²) in [6.07, 6.45) is 1.56. The molecule has 0 aliphatic carbocycles. The molecule has 1 aromatic rings. The van der Waals surface area contributed by atoms with Crippen molar-refractivity contribution >= 4 is 23.6 Å². The van der Waals surface area contributed by atoms with E-state index in [4.69, 9.17) is 0 Å². The van der Waals surface area contributed by atoms with Crippen molar-refractivity contribution in [3.05, 3.63) is 35.9 Å². The molecule has 2 amide bonds. The monoisotopic (exact) mass is 347 g/mol. The third-order valence-electron chi connectivity index (χ3n) is 4.63. The van der Waals surface area contributed by atoms with E-state index in [1.54, 1.807) is 11.8 Å². The number of benzene rings is 1. The maximum Gasteiger partial charge on any atom is 0.246 e. The first-order valence-electron chi connectivity index (χ1n) is 8.64. The highest BCUT2D eigenvalue weighted by Gasteiger charge is 2.29. The number of thioether (sulfide) groups is 1. The molecule has 0 radical (unpaired) electrons. The number of carbonyl (C=O) groups is 2. The largest absolute Gasteiger partial charge is 0.343 e. The first-order chi connectivity index (χ1) is 11.7. The molecule has 2 heterocycles. The van der Waals surface area contributed by atoms with Crippen molar-refractivity contribution in [1.82, 2.24) is 15.1 Å². The van der Waals surface area contributed by atoms with Gasteiger partial charge in [-0.25, -0.2) is 0 Å². The van der Waals surface area contributed by atoms with Crippen LogP contribution in [0.25, 0.3) is 0 Å². The van der Waals surface area contributed by atoms with Gasteiger partial charge < -0.3 is 10.2 Å². The summed E-state index contributed by atoms with van der Waals surface area (Å²) in [4.78, 5) is 28.6. The summed E-state index contributed by atoms with van der Waals surface area (Å²) in [5.74, 6) is 1.59. The fraction of sp³-hybridized carbons (Fsp3) is 0.556. The van der Waals surface area contributed by atoms with Gasteiger partial charge >= 0.3 is 0 Å². The van der Waals surface area contributed by atoms with Gasteiger partial charge in [0.25, 0.3) is 0 Å². The van der Waals surface area contributed by atoms with Crippen molar-refractivity contribution in [2.75, 3.05) is 44.2 Å². The Labute approximate surface area is 147 Å². The van der Waals surface area contributed by atoms with E-state index >= 15 is 0 Å². The lowest BCUT2D eigenvalue weighted by Crippen LogP contribution is -2.55. The molecule has 0 bridgehead atoms. The highest BCUT2D eigenvalue weighted by atomic mass is 32.2. The molecule has 0 spiro atoms. The number of piperazine rings is 1. The van der Waals surface area contributed by atoms with E-state index in [0.717, 1.165) is 44.9 Å². The van der Waals surface area contributed by atoms with E-state index in [1.165, 1.54) is 5.56 Å². The van der Waals surface area contributed by atoms with Crippen LogP contribution < -0.4 is 5.32 Å². The molecule has 0 saturated carbocycles. The Kier molecular flexibility index (Phi) is 6.15. The van der Waals surface area contributed by atoms with Gasteiger partial charge in [0.05, 0.1) is 0 Å². The van der Waals surface area contributed by atoms with Crippen LogP contribution in [-0.2, 0) is 16.0 Å². The SMILES string of the molecule is O=C1CCSCC(C(=O)N2CCN(CCc3ccccc3)CC2)N1. The summed E-state index contributed by atoms with van der Waals surface area (Å²) in [6, 6.07) is 10.2. The Morgan fingerprint density at radius 3 is 2.67 bits per heavy atom. The lowest BCUT2D eigenvalue weighted by molar-refractivity contribution is -0.137. The van der Waals surface area contributed by atoms with E-state index in [2.05, 4.69) is 34.5 Å². The van der Waals surface area contributed by atoms with Crippen LogP contribution >= 0.6 is 11.8 Å². The van der Waals surface area contributed by atoms with Gasteiger partial charge in [0.15, 0.2) is 0 Å². The fourth-order valence-corrected chi connectivity index (χ4v) is 4.11. The minimum atomic E-state index is -0.346. The number of amides is 2. The Balaban J connectivity index is 1.44. The molecule has 2 saturated heterocycles. The molecule has 2 fully saturated rings. The molecular formula is C18H25N3O2S. The van der Waals surface area contributed by atoms with Crippen molar-refractivity contribution in [1.29, 1.82) is 0 Å². The molecule has 1 aromatic carbocycles. The molecule has 0 aromatic heterocycles. The Bertz CT molecular complexity index is 559. The van der Waals surface area contributed by atoms with Gasteiger partial charge in [-0.05, 0) is 12.0 Å². The first-order valence-corrected chi connectivity index (χ1v) is 9.80. The fourth-order valence-electron chi connectivity index (χ4n) is 3.15. The van der Waals surface area contributed by atoms with Crippen LogP contribution in [-0.4, -0.2) is 71.9 Å². The molecule has 2 aliphatic heterocycles. The van der Waals surface area contributed by atoms with Crippen LogP contribution in [0.3, 0.4) is 0 Å². The highest BCUT2D eigenvalue weighted by Crippen LogP contribution is 2.13. The van der Waals surface area contributed by atoms with E-state index in [-0.39, 0.29) is 17.9 Å². The third kappa shape index (κ3) is 4.74. The minimum absolute atomic E-state index is 0.000142. The zero-order valence-corrected chi connectivity index (χ0v) is 14.8. The number of rotatable bonds is 4. The third-order valence-corrected chi connectivity index (χ3v) is 5.70. The van der Waals surface area contributed by atoms with Gasteiger partial charge in [0.1, 0.15) is 6.04 Å². The molecule has 2 aliphatic rings. The van der Waals surface area contributed by atoms with Gasteiger partial charge in [-0.3, -0.25) is 14.5 Å².